The Kier molecular flexibility index (Phi) is 4.24. The summed E-state index contributed by atoms with van der Waals surface area (Å²) in [6.07, 6.45) is 0. The van der Waals surface area contributed by atoms with E-state index in [-0.39, 0.29) is 17.2 Å². The molecule has 0 saturated carbocycles. The van der Waals surface area contributed by atoms with Gasteiger partial charge in [0.05, 0.1) is 7.11 Å². The molecule has 0 unspecified atom stereocenters. The summed E-state index contributed by atoms with van der Waals surface area (Å²) >= 11 is 1.15. The van der Waals surface area contributed by atoms with Gasteiger partial charge in [-0.05, 0) is 30.7 Å². The Hall–Kier alpha value is -2.08. The van der Waals surface area contributed by atoms with Gasteiger partial charge in [-0.3, -0.25) is 0 Å². The number of halogens is 1. The molecule has 1 aromatic heterocycles. The zero-order chi connectivity index (χ0) is 14.7. The summed E-state index contributed by atoms with van der Waals surface area (Å²) in [6.45, 7) is 1.90. The van der Waals surface area contributed by atoms with E-state index >= 15 is 0 Å². The van der Waals surface area contributed by atoms with Crippen LogP contribution in [0.3, 0.4) is 0 Å². The van der Waals surface area contributed by atoms with Crippen molar-refractivity contribution >= 4 is 17.3 Å². The standard InChI is InChI=1S/C14H13FO4S/c1-8-5-12(13(20-8)14(16)17)19-7-9-3-4-11(18-2)10(15)6-9/h3-6H,7H2,1-2H3,(H,16,17). The van der Waals surface area contributed by atoms with Crippen LogP contribution in [0.25, 0.3) is 0 Å². The first-order valence-corrected chi connectivity index (χ1v) is 6.62. The first-order chi connectivity index (χ1) is 9.51. The summed E-state index contributed by atoms with van der Waals surface area (Å²) < 4.78 is 23.8. The molecule has 0 saturated heterocycles. The van der Waals surface area contributed by atoms with Crippen LogP contribution < -0.4 is 9.47 Å². The fourth-order valence-electron chi connectivity index (χ4n) is 1.71. The van der Waals surface area contributed by atoms with Gasteiger partial charge >= 0.3 is 5.97 Å². The summed E-state index contributed by atoms with van der Waals surface area (Å²) in [6, 6.07) is 6.14. The Morgan fingerprint density at radius 3 is 2.70 bits per heavy atom. The van der Waals surface area contributed by atoms with Crippen molar-refractivity contribution in [2.24, 2.45) is 0 Å². The van der Waals surface area contributed by atoms with Crippen LogP contribution in [0.5, 0.6) is 11.5 Å². The van der Waals surface area contributed by atoms with Gasteiger partial charge in [-0.2, -0.15) is 0 Å². The molecule has 0 bridgehead atoms. The fourth-order valence-corrected chi connectivity index (χ4v) is 2.50. The fraction of sp³-hybridized carbons (Fsp3) is 0.214. The van der Waals surface area contributed by atoms with Crippen molar-refractivity contribution in [3.05, 3.63) is 45.4 Å². The Bertz CT molecular complexity index is 636. The second kappa shape index (κ2) is 5.92. The molecule has 0 fully saturated rings. The maximum atomic E-state index is 13.5. The van der Waals surface area contributed by atoms with Crippen LogP contribution in [-0.4, -0.2) is 18.2 Å². The minimum absolute atomic E-state index is 0.0946. The van der Waals surface area contributed by atoms with Gasteiger partial charge in [-0.25, -0.2) is 9.18 Å². The van der Waals surface area contributed by atoms with Gasteiger partial charge in [0.15, 0.2) is 16.4 Å². The number of methoxy groups -OCH3 is 1. The van der Waals surface area contributed by atoms with Gasteiger partial charge in [-0.1, -0.05) is 6.07 Å². The third-order valence-electron chi connectivity index (χ3n) is 2.63. The van der Waals surface area contributed by atoms with Crippen molar-refractivity contribution in [3.8, 4) is 11.5 Å². The molecule has 0 aliphatic carbocycles. The average Bonchev–Trinajstić information content (AvgIpc) is 2.78. The quantitative estimate of drug-likeness (QED) is 0.917. The second-order valence-corrected chi connectivity index (χ2v) is 5.37. The van der Waals surface area contributed by atoms with Crippen molar-refractivity contribution in [1.29, 1.82) is 0 Å². The largest absolute Gasteiger partial charge is 0.494 e. The topological polar surface area (TPSA) is 55.8 Å². The van der Waals surface area contributed by atoms with Crippen LogP contribution in [0, 0.1) is 12.7 Å². The minimum atomic E-state index is -1.03. The Balaban J connectivity index is 2.13. The number of carboxylic acids is 1. The monoisotopic (exact) mass is 296 g/mol. The smallest absolute Gasteiger partial charge is 0.349 e. The van der Waals surface area contributed by atoms with E-state index in [1.807, 2.05) is 0 Å². The van der Waals surface area contributed by atoms with Gasteiger partial charge in [-0.15, -0.1) is 11.3 Å². The predicted molar refractivity (Wildman–Crippen MR) is 73.3 cm³/mol. The number of ether oxygens (including phenoxy) is 2. The first kappa shape index (κ1) is 14.3. The molecule has 6 heteroatoms. The summed E-state index contributed by atoms with van der Waals surface area (Å²) in [5.74, 6) is -1.05. The molecule has 2 aromatic rings. The maximum absolute atomic E-state index is 13.5. The van der Waals surface area contributed by atoms with Crippen molar-refractivity contribution in [3.63, 3.8) is 0 Å². The number of hydrogen-bond donors (Lipinski definition) is 1. The SMILES string of the molecule is COc1ccc(COc2cc(C)sc2C(=O)O)cc1F. The van der Waals surface area contributed by atoms with E-state index in [9.17, 15) is 9.18 Å². The van der Waals surface area contributed by atoms with Crippen LogP contribution in [0.15, 0.2) is 24.3 Å². The zero-order valence-corrected chi connectivity index (χ0v) is 11.8. The summed E-state index contributed by atoms with van der Waals surface area (Å²) in [4.78, 5) is 12.0. The second-order valence-electron chi connectivity index (χ2n) is 4.11. The summed E-state index contributed by atoms with van der Waals surface area (Å²) in [7, 11) is 1.39. The molecule has 1 N–H and O–H groups in total. The number of aromatic carboxylic acids is 1. The van der Waals surface area contributed by atoms with E-state index in [1.165, 1.54) is 19.2 Å². The number of thiophene rings is 1. The van der Waals surface area contributed by atoms with Crippen LogP contribution in [-0.2, 0) is 6.61 Å². The van der Waals surface area contributed by atoms with E-state index in [2.05, 4.69) is 0 Å². The molecular weight excluding hydrogens is 283 g/mol. The molecule has 4 nitrogen and oxygen atoms in total. The Labute approximate surface area is 119 Å². The molecular formula is C14H13FO4S. The summed E-state index contributed by atoms with van der Waals surface area (Å²) in [5.41, 5.74) is 0.600. The lowest BCUT2D eigenvalue weighted by Crippen LogP contribution is -2.00. The predicted octanol–water partition coefficient (Wildman–Crippen LogP) is 3.48. The average molecular weight is 296 g/mol. The van der Waals surface area contributed by atoms with Crippen LogP contribution >= 0.6 is 11.3 Å². The highest BCUT2D eigenvalue weighted by Gasteiger charge is 2.15. The molecule has 0 atom stereocenters. The lowest BCUT2D eigenvalue weighted by atomic mass is 10.2. The van der Waals surface area contributed by atoms with Gasteiger partial charge in [0.2, 0.25) is 0 Å². The molecule has 0 aliphatic heterocycles. The Morgan fingerprint density at radius 1 is 1.35 bits per heavy atom. The normalized spacial score (nSPS) is 10.3. The number of rotatable bonds is 5. The van der Waals surface area contributed by atoms with Crippen molar-refractivity contribution in [2.45, 2.75) is 13.5 Å². The molecule has 2 rings (SSSR count). The highest BCUT2D eigenvalue weighted by atomic mass is 32.1. The van der Waals surface area contributed by atoms with Crippen LogP contribution in [0.4, 0.5) is 4.39 Å². The van der Waals surface area contributed by atoms with Crippen molar-refractivity contribution in [1.82, 2.24) is 0 Å². The maximum Gasteiger partial charge on any atom is 0.349 e. The molecule has 106 valence electrons. The highest BCUT2D eigenvalue weighted by Crippen LogP contribution is 2.29. The zero-order valence-electron chi connectivity index (χ0n) is 11.0. The third-order valence-corrected chi connectivity index (χ3v) is 3.65. The minimum Gasteiger partial charge on any atom is -0.494 e. The van der Waals surface area contributed by atoms with E-state index in [0.29, 0.717) is 11.3 Å². The molecule has 0 spiro atoms. The summed E-state index contributed by atoms with van der Waals surface area (Å²) in [5, 5.41) is 9.04. The van der Waals surface area contributed by atoms with E-state index in [0.717, 1.165) is 16.2 Å². The van der Waals surface area contributed by atoms with Crippen molar-refractivity contribution < 1.29 is 23.8 Å². The number of carboxylic acid groups (broad SMARTS) is 1. The van der Waals surface area contributed by atoms with Crippen molar-refractivity contribution in [2.75, 3.05) is 7.11 Å². The lowest BCUT2D eigenvalue weighted by Gasteiger charge is -2.07. The van der Waals surface area contributed by atoms with Gasteiger partial charge in [0.25, 0.3) is 0 Å². The number of hydrogen-bond acceptors (Lipinski definition) is 4. The van der Waals surface area contributed by atoms with Gasteiger partial charge in [0, 0.05) is 4.88 Å². The molecule has 1 aromatic carbocycles. The molecule has 0 radical (unpaired) electrons. The van der Waals surface area contributed by atoms with Crippen LogP contribution in [0.2, 0.25) is 0 Å². The van der Waals surface area contributed by atoms with Crippen LogP contribution in [0.1, 0.15) is 20.1 Å². The van der Waals surface area contributed by atoms with E-state index in [4.69, 9.17) is 14.6 Å². The van der Waals surface area contributed by atoms with E-state index < -0.39 is 11.8 Å². The molecule has 1 heterocycles. The molecule has 20 heavy (non-hydrogen) atoms. The highest BCUT2D eigenvalue weighted by molar-refractivity contribution is 7.14. The van der Waals surface area contributed by atoms with Gasteiger partial charge < -0.3 is 14.6 Å². The first-order valence-electron chi connectivity index (χ1n) is 5.80. The lowest BCUT2D eigenvalue weighted by molar-refractivity contribution is 0.0697. The number of aryl methyl sites for hydroxylation is 1. The molecule has 0 aliphatic rings. The van der Waals surface area contributed by atoms with Gasteiger partial charge in [0.1, 0.15) is 12.4 Å². The van der Waals surface area contributed by atoms with E-state index in [1.54, 1.807) is 19.1 Å². The Morgan fingerprint density at radius 2 is 2.10 bits per heavy atom. The number of benzene rings is 1. The number of carbonyl (C=O) groups is 1. The third kappa shape index (κ3) is 3.08. The molecule has 0 amide bonds.